The number of carbonyl (C=O) groups excluding carboxylic acids is 1. The van der Waals surface area contributed by atoms with E-state index in [1.165, 1.54) is 0 Å². The predicted molar refractivity (Wildman–Crippen MR) is 61.1 cm³/mol. The third kappa shape index (κ3) is 2.55. The van der Waals surface area contributed by atoms with E-state index in [1.807, 2.05) is 13.8 Å². The van der Waals surface area contributed by atoms with Gasteiger partial charge in [-0.1, -0.05) is 11.4 Å². The van der Waals surface area contributed by atoms with Crippen molar-refractivity contribution in [1.82, 2.24) is 14.5 Å². The van der Waals surface area contributed by atoms with Crippen LogP contribution in [-0.2, 0) is 6.42 Å². The van der Waals surface area contributed by atoms with Crippen molar-refractivity contribution in [2.24, 2.45) is 0 Å². The summed E-state index contributed by atoms with van der Waals surface area (Å²) in [4.78, 5) is 14.2. The first-order valence-corrected chi connectivity index (χ1v) is 5.84. The molecule has 0 radical (unpaired) electrons. The molecule has 0 fully saturated rings. The Morgan fingerprint density at radius 2 is 2.38 bits per heavy atom. The summed E-state index contributed by atoms with van der Waals surface area (Å²) in [6.45, 7) is 3.79. The van der Waals surface area contributed by atoms with Gasteiger partial charge in [-0.3, -0.25) is 4.79 Å². The lowest BCUT2D eigenvalue weighted by atomic mass is 10.2. The van der Waals surface area contributed by atoms with Crippen LogP contribution in [0, 0.1) is 11.3 Å². The highest BCUT2D eigenvalue weighted by Crippen LogP contribution is 2.15. The minimum absolute atomic E-state index is 0.0932. The fourth-order valence-corrected chi connectivity index (χ4v) is 1.97. The van der Waals surface area contributed by atoms with Gasteiger partial charge in [0.15, 0.2) is 0 Å². The lowest BCUT2D eigenvalue weighted by molar-refractivity contribution is 0.0750. The number of hydrogen-bond donors (Lipinski definition) is 0. The molecule has 0 aromatic carbocycles. The molecule has 5 nitrogen and oxygen atoms in total. The van der Waals surface area contributed by atoms with E-state index in [1.54, 1.807) is 11.9 Å². The molecule has 1 rings (SSSR count). The maximum absolute atomic E-state index is 12.0. The molecule has 0 spiro atoms. The van der Waals surface area contributed by atoms with Gasteiger partial charge < -0.3 is 4.90 Å². The smallest absolute Gasteiger partial charge is 0.267 e. The number of amides is 1. The van der Waals surface area contributed by atoms with Crippen LogP contribution in [0.25, 0.3) is 0 Å². The molecule has 0 aliphatic heterocycles. The highest BCUT2D eigenvalue weighted by molar-refractivity contribution is 7.07. The van der Waals surface area contributed by atoms with E-state index in [0.29, 0.717) is 17.7 Å². The molecule has 0 aliphatic carbocycles. The SMILES string of the molecule is CCc1nnsc1C(=O)N(C)C(C)CC#N. The summed E-state index contributed by atoms with van der Waals surface area (Å²) in [7, 11) is 1.70. The number of aryl methyl sites for hydroxylation is 1. The van der Waals surface area contributed by atoms with E-state index in [9.17, 15) is 4.79 Å². The average Bonchev–Trinajstić information content (AvgIpc) is 2.75. The number of rotatable bonds is 4. The predicted octanol–water partition coefficient (Wildman–Crippen LogP) is 1.47. The minimum Gasteiger partial charge on any atom is -0.337 e. The van der Waals surface area contributed by atoms with Crippen molar-refractivity contribution in [3.05, 3.63) is 10.6 Å². The molecule has 0 saturated carbocycles. The molecule has 6 heteroatoms. The zero-order chi connectivity index (χ0) is 12.1. The Labute approximate surface area is 98.9 Å². The van der Waals surface area contributed by atoms with Gasteiger partial charge in [0, 0.05) is 13.1 Å². The van der Waals surface area contributed by atoms with E-state index in [-0.39, 0.29) is 11.9 Å². The normalized spacial score (nSPS) is 11.9. The van der Waals surface area contributed by atoms with Crippen LogP contribution in [0.3, 0.4) is 0 Å². The quantitative estimate of drug-likeness (QED) is 0.796. The number of hydrogen-bond acceptors (Lipinski definition) is 5. The summed E-state index contributed by atoms with van der Waals surface area (Å²) in [6.07, 6.45) is 1.02. The topological polar surface area (TPSA) is 69.9 Å². The van der Waals surface area contributed by atoms with E-state index in [4.69, 9.17) is 5.26 Å². The Morgan fingerprint density at radius 1 is 1.69 bits per heavy atom. The van der Waals surface area contributed by atoms with Gasteiger partial charge in [-0.2, -0.15) is 5.26 Å². The van der Waals surface area contributed by atoms with Gasteiger partial charge >= 0.3 is 0 Å². The van der Waals surface area contributed by atoms with E-state index in [2.05, 4.69) is 15.7 Å². The Hall–Kier alpha value is -1.48. The molecule has 0 saturated heterocycles. The molecule has 1 unspecified atom stereocenters. The standard InChI is InChI=1S/C10H14N4OS/c1-4-8-9(16-13-12-8)10(15)14(3)7(2)5-6-11/h7H,4-5H2,1-3H3. The van der Waals surface area contributed by atoms with Crippen molar-refractivity contribution < 1.29 is 4.79 Å². The fourth-order valence-electron chi connectivity index (χ4n) is 1.23. The Bertz CT molecular complexity index is 409. The molecule has 86 valence electrons. The maximum Gasteiger partial charge on any atom is 0.267 e. The van der Waals surface area contributed by atoms with Crippen LogP contribution in [0.1, 0.15) is 35.6 Å². The van der Waals surface area contributed by atoms with Gasteiger partial charge in [0.05, 0.1) is 18.2 Å². The molecule has 0 aliphatic rings. The van der Waals surface area contributed by atoms with Crippen LogP contribution in [0.5, 0.6) is 0 Å². The van der Waals surface area contributed by atoms with Gasteiger partial charge in [0.2, 0.25) is 0 Å². The first-order valence-electron chi connectivity index (χ1n) is 5.07. The van der Waals surface area contributed by atoms with Crippen molar-refractivity contribution in [3.63, 3.8) is 0 Å². The van der Waals surface area contributed by atoms with Crippen molar-refractivity contribution in [2.45, 2.75) is 32.7 Å². The molecule has 16 heavy (non-hydrogen) atoms. The Morgan fingerprint density at radius 3 is 2.94 bits per heavy atom. The second-order valence-corrected chi connectivity index (χ2v) is 4.28. The van der Waals surface area contributed by atoms with Crippen LogP contribution < -0.4 is 0 Å². The van der Waals surface area contributed by atoms with E-state index in [0.717, 1.165) is 17.2 Å². The first kappa shape index (κ1) is 12.6. The summed E-state index contributed by atoms with van der Waals surface area (Å²) >= 11 is 1.11. The largest absolute Gasteiger partial charge is 0.337 e. The third-order valence-electron chi connectivity index (χ3n) is 2.45. The molecule has 0 bridgehead atoms. The number of nitrogens with zero attached hydrogens (tertiary/aromatic N) is 4. The van der Waals surface area contributed by atoms with Crippen LogP contribution in [0.4, 0.5) is 0 Å². The summed E-state index contributed by atoms with van der Waals surface area (Å²) in [6, 6.07) is 1.96. The Balaban J connectivity index is 2.82. The van der Waals surface area contributed by atoms with Crippen LogP contribution in [-0.4, -0.2) is 33.5 Å². The van der Waals surface area contributed by atoms with Crippen molar-refractivity contribution >= 4 is 17.4 Å². The molecule has 1 aromatic heterocycles. The summed E-state index contributed by atoms with van der Waals surface area (Å²) in [5.74, 6) is -0.102. The van der Waals surface area contributed by atoms with Crippen LogP contribution in [0.2, 0.25) is 0 Å². The van der Waals surface area contributed by atoms with E-state index >= 15 is 0 Å². The van der Waals surface area contributed by atoms with Crippen LogP contribution >= 0.6 is 11.5 Å². The van der Waals surface area contributed by atoms with Gasteiger partial charge in [-0.05, 0) is 24.9 Å². The molecular formula is C10H14N4OS. The number of aromatic nitrogens is 2. The van der Waals surface area contributed by atoms with Crippen molar-refractivity contribution in [3.8, 4) is 6.07 Å². The monoisotopic (exact) mass is 238 g/mol. The number of carbonyl (C=O) groups is 1. The molecular weight excluding hydrogens is 224 g/mol. The van der Waals surface area contributed by atoms with Gasteiger partial charge in [0.25, 0.3) is 5.91 Å². The summed E-state index contributed by atoms with van der Waals surface area (Å²) < 4.78 is 3.78. The average molecular weight is 238 g/mol. The Kier molecular flexibility index (Phi) is 4.38. The highest BCUT2D eigenvalue weighted by atomic mass is 32.1. The fraction of sp³-hybridized carbons (Fsp3) is 0.600. The third-order valence-corrected chi connectivity index (χ3v) is 3.21. The minimum atomic E-state index is -0.102. The second-order valence-electron chi connectivity index (χ2n) is 3.53. The van der Waals surface area contributed by atoms with Gasteiger partial charge in [-0.25, -0.2) is 0 Å². The molecule has 1 amide bonds. The van der Waals surface area contributed by atoms with Crippen molar-refractivity contribution in [2.75, 3.05) is 7.05 Å². The second kappa shape index (κ2) is 5.56. The summed E-state index contributed by atoms with van der Waals surface area (Å²) in [5, 5.41) is 12.5. The lowest BCUT2D eigenvalue weighted by Gasteiger charge is -2.22. The summed E-state index contributed by atoms with van der Waals surface area (Å²) in [5.41, 5.74) is 0.728. The van der Waals surface area contributed by atoms with Gasteiger partial charge in [-0.15, -0.1) is 5.10 Å². The maximum atomic E-state index is 12.0. The molecule has 1 heterocycles. The van der Waals surface area contributed by atoms with Crippen LogP contribution in [0.15, 0.2) is 0 Å². The first-order chi connectivity index (χ1) is 7.61. The number of nitriles is 1. The zero-order valence-corrected chi connectivity index (χ0v) is 10.4. The molecule has 0 N–H and O–H groups in total. The zero-order valence-electron chi connectivity index (χ0n) is 9.60. The highest BCUT2D eigenvalue weighted by Gasteiger charge is 2.22. The van der Waals surface area contributed by atoms with Crippen molar-refractivity contribution in [1.29, 1.82) is 5.26 Å². The van der Waals surface area contributed by atoms with Gasteiger partial charge in [0.1, 0.15) is 4.88 Å². The van der Waals surface area contributed by atoms with E-state index < -0.39 is 0 Å². The molecule has 1 atom stereocenters. The molecule has 1 aromatic rings. The lowest BCUT2D eigenvalue weighted by Crippen LogP contribution is -2.34.